The molecule has 2 heteroatoms. The summed E-state index contributed by atoms with van der Waals surface area (Å²) in [5.41, 5.74) is 0.884. The Balaban J connectivity index is 2.50. The maximum absolute atomic E-state index is 11.3. The number of carbonyl (C=O) groups excluding carboxylic acids is 1. The second-order valence-electron chi connectivity index (χ2n) is 3.88. The summed E-state index contributed by atoms with van der Waals surface area (Å²) in [5.74, 6) is -0.134. The molecule has 0 N–H and O–H groups in total. The second-order valence-corrected chi connectivity index (χ2v) is 3.88. The van der Waals surface area contributed by atoms with Crippen molar-refractivity contribution in [3.05, 3.63) is 11.6 Å². The molecule has 0 amide bonds. The highest BCUT2D eigenvalue weighted by molar-refractivity contribution is 5.88. The van der Waals surface area contributed by atoms with E-state index in [1.165, 1.54) is 39.2 Å². The van der Waals surface area contributed by atoms with Gasteiger partial charge in [-0.15, -0.1) is 0 Å². The van der Waals surface area contributed by atoms with Crippen LogP contribution in [0.1, 0.15) is 51.4 Å². The lowest BCUT2D eigenvalue weighted by Gasteiger charge is -2.08. The van der Waals surface area contributed by atoms with Crippen molar-refractivity contribution >= 4 is 5.97 Å². The van der Waals surface area contributed by atoms with Crippen LogP contribution >= 0.6 is 0 Å². The zero-order valence-electron chi connectivity index (χ0n) is 9.05. The molecule has 0 aromatic rings. The molecule has 1 aliphatic carbocycles. The molecular weight excluding hydrogens is 176 g/mol. The lowest BCUT2D eigenvalue weighted by Crippen LogP contribution is -2.05. The van der Waals surface area contributed by atoms with Crippen molar-refractivity contribution < 1.29 is 9.53 Å². The molecule has 1 aliphatic rings. The number of hydrogen-bond donors (Lipinski definition) is 0. The van der Waals surface area contributed by atoms with Gasteiger partial charge in [0.2, 0.25) is 0 Å². The first-order valence-electron chi connectivity index (χ1n) is 5.62. The van der Waals surface area contributed by atoms with Crippen LogP contribution in [0.15, 0.2) is 11.6 Å². The number of ether oxygens (including phenoxy) is 1. The third kappa shape index (κ3) is 3.95. The summed E-state index contributed by atoms with van der Waals surface area (Å²) in [6.45, 7) is 0. The van der Waals surface area contributed by atoms with Gasteiger partial charge >= 0.3 is 5.97 Å². The Bertz CT molecular complexity index is 206. The summed E-state index contributed by atoms with van der Waals surface area (Å²) >= 11 is 0. The van der Waals surface area contributed by atoms with Gasteiger partial charge in [0.25, 0.3) is 0 Å². The lowest BCUT2D eigenvalue weighted by molar-refractivity contribution is -0.136. The second kappa shape index (κ2) is 6.63. The van der Waals surface area contributed by atoms with Gasteiger partial charge in [0.1, 0.15) is 0 Å². The van der Waals surface area contributed by atoms with Gasteiger partial charge in [0, 0.05) is 5.57 Å². The zero-order chi connectivity index (χ0) is 10.2. The Morgan fingerprint density at radius 1 is 1.14 bits per heavy atom. The zero-order valence-corrected chi connectivity index (χ0v) is 9.05. The molecule has 1 rings (SSSR count). The fraction of sp³-hybridized carbons (Fsp3) is 0.750. The first-order valence-corrected chi connectivity index (χ1v) is 5.62. The molecule has 0 heterocycles. The highest BCUT2D eigenvalue weighted by atomic mass is 16.5. The van der Waals surface area contributed by atoms with E-state index in [9.17, 15) is 4.79 Å². The van der Waals surface area contributed by atoms with Crippen LogP contribution in [0.25, 0.3) is 0 Å². The average molecular weight is 196 g/mol. The number of carbonyl (C=O) groups is 1. The number of esters is 1. The smallest absolute Gasteiger partial charge is 0.333 e. The molecule has 0 unspecified atom stereocenters. The fourth-order valence-electron chi connectivity index (χ4n) is 1.86. The van der Waals surface area contributed by atoms with Gasteiger partial charge in [-0.1, -0.05) is 31.8 Å². The molecule has 0 fully saturated rings. The maximum atomic E-state index is 11.3. The molecule has 0 aromatic heterocycles. The van der Waals surface area contributed by atoms with Crippen LogP contribution in [-0.4, -0.2) is 13.1 Å². The Labute approximate surface area is 86.3 Å². The first kappa shape index (κ1) is 11.3. The monoisotopic (exact) mass is 196 g/mol. The predicted molar refractivity (Wildman–Crippen MR) is 57.0 cm³/mol. The third-order valence-electron chi connectivity index (χ3n) is 2.74. The van der Waals surface area contributed by atoms with Crippen molar-refractivity contribution in [1.29, 1.82) is 0 Å². The normalized spacial score (nSPS) is 23.4. The number of methoxy groups -OCH3 is 1. The molecule has 0 bridgehead atoms. The Morgan fingerprint density at radius 2 is 1.79 bits per heavy atom. The van der Waals surface area contributed by atoms with Crippen molar-refractivity contribution in [3.8, 4) is 0 Å². The van der Waals surface area contributed by atoms with Gasteiger partial charge in [-0.05, 0) is 25.7 Å². The molecule has 14 heavy (non-hydrogen) atoms. The quantitative estimate of drug-likeness (QED) is 0.602. The van der Waals surface area contributed by atoms with Crippen molar-refractivity contribution in [1.82, 2.24) is 0 Å². The largest absolute Gasteiger partial charge is 0.466 e. The van der Waals surface area contributed by atoms with E-state index in [1.54, 1.807) is 0 Å². The number of allylic oxidation sites excluding steroid dienone is 1. The summed E-state index contributed by atoms with van der Waals surface area (Å²) in [5, 5.41) is 0. The Kier molecular flexibility index (Phi) is 5.35. The molecule has 0 aliphatic heterocycles. The van der Waals surface area contributed by atoms with Crippen LogP contribution in [-0.2, 0) is 9.53 Å². The van der Waals surface area contributed by atoms with Crippen molar-refractivity contribution in [2.45, 2.75) is 51.4 Å². The van der Waals surface area contributed by atoms with Crippen molar-refractivity contribution in [2.24, 2.45) is 0 Å². The number of hydrogen-bond acceptors (Lipinski definition) is 2. The van der Waals surface area contributed by atoms with Crippen LogP contribution in [0, 0.1) is 0 Å². The number of rotatable bonds is 1. The summed E-state index contributed by atoms with van der Waals surface area (Å²) in [6, 6.07) is 0. The third-order valence-corrected chi connectivity index (χ3v) is 2.74. The lowest BCUT2D eigenvalue weighted by atomic mass is 10.0. The molecule has 0 spiro atoms. The van der Waals surface area contributed by atoms with Crippen LogP contribution in [0.3, 0.4) is 0 Å². The van der Waals surface area contributed by atoms with Gasteiger partial charge in [0.15, 0.2) is 0 Å². The summed E-state index contributed by atoms with van der Waals surface area (Å²) in [7, 11) is 1.46. The molecule has 0 saturated heterocycles. The van der Waals surface area contributed by atoms with E-state index in [0.29, 0.717) is 0 Å². The van der Waals surface area contributed by atoms with E-state index in [1.807, 2.05) is 0 Å². The van der Waals surface area contributed by atoms with Gasteiger partial charge in [-0.25, -0.2) is 4.79 Å². The van der Waals surface area contributed by atoms with Crippen LogP contribution in [0.5, 0.6) is 0 Å². The SMILES string of the molecule is COC(=O)/C1=C\CCCCCCCC1. The summed E-state index contributed by atoms with van der Waals surface area (Å²) < 4.78 is 4.75. The molecule has 0 saturated carbocycles. The fourth-order valence-corrected chi connectivity index (χ4v) is 1.86. The topological polar surface area (TPSA) is 26.3 Å². The van der Waals surface area contributed by atoms with Crippen LogP contribution in [0.4, 0.5) is 0 Å². The van der Waals surface area contributed by atoms with E-state index in [4.69, 9.17) is 4.74 Å². The van der Waals surface area contributed by atoms with E-state index < -0.39 is 0 Å². The van der Waals surface area contributed by atoms with E-state index in [0.717, 1.165) is 24.8 Å². The molecule has 0 atom stereocenters. The molecule has 0 radical (unpaired) electrons. The maximum Gasteiger partial charge on any atom is 0.333 e. The Morgan fingerprint density at radius 3 is 2.50 bits per heavy atom. The predicted octanol–water partition coefficient (Wildman–Crippen LogP) is 3.22. The van der Waals surface area contributed by atoms with Gasteiger partial charge in [-0.2, -0.15) is 0 Å². The first-order chi connectivity index (χ1) is 6.84. The highest BCUT2D eigenvalue weighted by Crippen LogP contribution is 2.17. The van der Waals surface area contributed by atoms with Crippen LogP contribution < -0.4 is 0 Å². The van der Waals surface area contributed by atoms with E-state index in [-0.39, 0.29) is 5.97 Å². The average Bonchev–Trinajstić information content (AvgIpc) is 2.24. The van der Waals surface area contributed by atoms with Gasteiger partial charge in [0.05, 0.1) is 7.11 Å². The van der Waals surface area contributed by atoms with E-state index in [2.05, 4.69) is 6.08 Å². The summed E-state index contributed by atoms with van der Waals surface area (Å²) in [4.78, 5) is 11.3. The molecular formula is C12H20O2. The highest BCUT2D eigenvalue weighted by Gasteiger charge is 2.09. The van der Waals surface area contributed by atoms with Crippen molar-refractivity contribution in [3.63, 3.8) is 0 Å². The van der Waals surface area contributed by atoms with Crippen LogP contribution in [0.2, 0.25) is 0 Å². The minimum Gasteiger partial charge on any atom is -0.466 e. The molecule has 2 nitrogen and oxygen atoms in total. The molecule has 80 valence electrons. The van der Waals surface area contributed by atoms with Gasteiger partial charge < -0.3 is 4.74 Å². The minimum atomic E-state index is -0.134. The van der Waals surface area contributed by atoms with E-state index >= 15 is 0 Å². The van der Waals surface area contributed by atoms with Gasteiger partial charge in [-0.3, -0.25) is 0 Å². The molecule has 0 aromatic carbocycles. The van der Waals surface area contributed by atoms with Crippen molar-refractivity contribution in [2.75, 3.05) is 7.11 Å². The Hall–Kier alpha value is -0.790. The summed E-state index contributed by atoms with van der Waals surface area (Å²) in [6.07, 6.45) is 11.5. The standard InChI is InChI=1S/C12H20O2/c1-14-12(13)11-9-7-5-3-2-4-6-8-10-11/h9H,2-8,10H2,1H3/b11-9-. The minimum absolute atomic E-state index is 0.134.